The first-order valence-corrected chi connectivity index (χ1v) is 8.02. The van der Waals surface area contributed by atoms with Gasteiger partial charge >= 0.3 is 0 Å². The van der Waals surface area contributed by atoms with Crippen LogP contribution >= 0.6 is 0 Å². The van der Waals surface area contributed by atoms with Crippen LogP contribution in [0.5, 0.6) is 0 Å². The maximum Gasteiger partial charge on any atom is 0.226 e. The van der Waals surface area contributed by atoms with E-state index < -0.39 is 0 Å². The molecule has 0 aliphatic carbocycles. The molecular weight excluding hydrogens is 266 g/mol. The van der Waals surface area contributed by atoms with E-state index in [1.165, 1.54) is 0 Å². The molecule has 120 valence electrons. The Morgan fingerprint density at radius 1 is 1.38 bits per heavy atom. The van der Waals surface area contributed by atoms with Gasteiger partial charge in [-0.1, -0.05) is 12.1 Å². The highest BCUT2D eigenvalue weighted by atomic mass is 16.5. The van der Waals surface area contributed by atoms with Crippen LogP contribution in [-0.4, -0.2) is 72.3 Å². The quantitative estimate of drug-likeness (QED) is 0.802. The molecule has 2 atom stereocenters. The molecule has 0 spiro atoms. The van der Waals surface area contributed by atoms with Crippen molar-refractivity contribution in [3.63, 3.8) is 0 Å². The summed E-state index contributed by atoms with van der Waals surface area (Å²) in [7, 11) is 4.35. The van der Waals surface area contributed by atoms with Gasteiger partial charge in [0.2, 0.25) is 5.89 Å². The maximum atomic E-state index is 5.38. The van der Waals surface area contributed by atoms with Gasteiger partial charge in [-0.25, -0.2) is 0 Å². The second-order valence-electron chi connectivity index (χ2n) is 6.20. The van der Waals surface area contributed by atoms with Gasteiger partial charge in [-0.15, -0.1) is 0 Å². The molecule has 1 saturated heterocycles. The average Bonchev–Trinajstić information content (AvgIpc) is 2.89. The van der Waals surface area contributed by atoms with E-state index in [-0.39, 0.29) is 0 Å². The van der Waals surface area contributed by atoms with Crippen molar-refractivity contribution in [3.05, 3.63) is 11.7 Å². The highest BCUT2D eigenvalue weighted by Crippen LogP contribution is 2.11. The van der Waals surface area contributed by atoms with E-state index in [9.17, 15) is 0 Å². The summed E-state index contributed by atoms with van der Waals surface area (Å²) in [5.41, 5.74) is 0. The third-order valence-electron chi connectivity index (χ3n) is 4.25. The standard InChI is InChI=1S/C15H29N5O/c1-5-16-12(2)6-7-15-17-14(18-21-15)10-13-11-19(3)8-9-20(13)4/h12-13,16H,5-11H2,1-4H3. The maximum absolute atomic E-state index is 5.38. The van der Waals surface area contributed by atoms with Crippen LogP contribution in [0.25, 0.3) is 0 Å². The summed E-state index contributed by atoms with van der Waals surface area (Å²) in [5, 5.41) is 7.54. The predicted molar refractivity (Wildman–Crippen MR) is 83.4 cm³/mol. The number of rotatable bonds is 7. The molecule has 1 aromatic rings. The molecule has 0 amide bonds. The minimum Gasteiger partial charge on any atom is -0.339 e. The lowest BCUT2D eigenvalue weighted by atomic mass is 10.1. The Morgan fingerprint density at radius 3 is 2.95 bits per heavy atom. The molecule has 0 aromatic carbocycles. The second-order valence-corrected chi connectivity index (χ2v) is 6.20. The smallest absolute Gasteiger partial charge is 0.226 e. The van der Waals surface area contributed by atoms with E-state index in [0.717, 1.165) is 57.2 Å². The lowest BCUT2D eigenvalue weighted by molar-refractivity contribution is 0.113. The zero-order valence-corrected chi connectivity index (χ0v) is 13.8. The van der Waals surface area contributed by atoms with Gasteiger partial charge in [0, 0.05) is 44.6 Å². The molecule has 1 N–H and O–H groups in total. The zero-order chi connectivity index (χ0) is 15.2. The molecule has 2 unspecified atom stereocenters. The highest BCUT2D eigenvalue weighted by Gasteiger charge is 2.24. The van der Waals surface area contributed by atoms with Crippen LogP contribution in [0.4, 0.5) is 0 Å². The number of hydrogen-bond acceptors (Lipinski definition) is 6. The highest BCUT2D eigenvalue weighted by molar-refractivity contribution is 4.93. The third-order valence-corrected chi connectivity index (χ3v) is 4.25. The fourth-order valence-corrected chi connectivity index (χ4v) is 2.80. The molecule has 1 aliphatic heterocycles. The molecular formula is C15H29N5O. The first-order chi connectivity index (χ1) is 10.1. The molecule has 21 heavy (non-hydrogen) atoms. The van der Waals surface area contributed by atoms with Gasteiger partial charge < -0.3 is 19.6 Å². The van der Waals surface area contributed by atoms with Crippen LogP contribution in [0.3, 0.4) is 0 Å². The number of nitrogens with one attached hydrogen (secondary N) is 1. The van der Waals surface area contributed by atoms with E-state index in [2.05, 4.69) is 53.2 Å². The Hall–Kier alpha value is -0.980. The number of aromatic nitrogens is 2. The Labute approximate surface area is 127 Å². The minimum absolute atomic E-state index is 0.481. The van der Waals surface area contributed by atoms with Crippen LogP contribution in [0, 0.1) is 0 Å². The van der Waals surface area contributed by atoms with Gasteiger partial charge in [-0.05, 0) is 34.0 Å². The first-order valence-electron chi connectivity index (χ1n) is 8.02. The molecule has 0 saturated carbocycles. The summed E-state index contributed by atoms with van der Waals surface area (Å²) in [5.74, 6) is 1.61. The lowest BCUT2D eigenvalue weighted by Crippen LogP contribution is -2.50. The van der Waals surface area contributed by atoms with Crippen LogP contribution < -0.4 is 5.32 Å². The van der Waals surface area contributed by atoms with E-state index in [1.807, 2.05) is 0 Å². The number of hydrogen-bond donors (Lipinski definition) is 1. The fraction of sp³-hybridized carbons (Fsp3) is 0.867. The Morgan fingerprint density at radius 2 is 2.19 bits per heavy atom. The Balaban J connectivity index is 1.82. The summed E-state index contributed by atoms with van der Waals surface area (Å²) in [4.78, 5) is 9.30. The van der Waals surface area contributed by atoms with Gasteiger partial charge in [-0.3, -0.25) is 0 Å². The van der Waals surface area contributed by atoms with Gasteiger partial charge in [-0.2, -0.15) is 4.98 Å². The first kappa shape index (κ1) is 16.4. The second kappa shape index (κ2) is 7.87. The average molecular weight is 295 g/mol. The van der Waals surface area contributed by atoms with Crippen molar-refractivity contribution in [3.8, 4) is 0 Å². The molecule has 1 fully saturated rings. The predicted octanol–water partition coefficient (Wildman–Crippen LogP) is 0.789. The van der Waals surface area contributed by atoms with E-state index in [4.69, 9.17) is 4.52 Å². The largest absolute Gasteiger partial charge is 0.339 e. The summed E-state index contributed by atoms with van der Waals surface area (Å²) in [6.07, 6.45) is 2.75. The lowest BCUT2D eigenvalue weighted by Gasteiger charge is -2.37. The molecule has 2 heterocycles. The topological polar surface area (TPSA) is 57.4 Å². The van der Waals surface area contributed by atoms with Crippen molar-refractivity contribution >= 4 is 0 Å². The van der Waals surface area contributed by atoms with Crippen LogP contribution in [0.2, 0.25) is 0 Å². The summed E-state index contributed by atoms with van der Waals surface area (Å²) in [6, 6.07) is 0.971. The third kappa shape index (κ3) is 5.05. The number of likely N-dealkylation sites (N-methyl/N-ethyl adjacent to an activating group) is 2. The minimum atomic E-state index is 0.481. The van der Waals surface area contributed by atoms with E-state index in [0.29, 0.717) is 12.1 Å². The van der Waals surface area contributed by atoms with E-state index >= 15 is 0 Å². The molecule has 6 heteroatoms. The van der Waals surface area contributed by atoms with Crippen molar-refractivity contribution in [1.82, 2.24) is 25.3 Å². The van der Waals surface area contributed by atoms with Gasteiger partial charge in [0.05, 0.1) is 0 Å². The molecule has 1 aromatic heterocycles. The zero-order valence-electron chi connectivity index (χ0n) is 13.8. The van der Waals surface area contributed by atoms with Crippen LogP contribution in [0.15, 0.2) is 4.52 Å². The summed E-state index contributed by atoms with van der Waals surface area (Å²) >= 11 is 0. The molecule has 0 radical (unpaired) electrons. The molecule has 2 rings (SSSR count). The van der Waals surface area contributed by atoms with Gasteiger partial charge in [0.15, 0.2) is 5.82 Å². The summed E-state index contributed by atoms with van der Waals surface area (Å²) < 4.78 is 5.38. The Bertz CT molecular complexity index is 422. The Kier molecular flexibility index (Phi) is 6.14. The molecule has 1 aliphatic rings. The van der Waals surface area contributed by atoms with Gasteiger partial charge in [0.1, 0.15) is 0 Å². The van der Waals surface area contributed by atoms with Crippen molar-refractivity contribution < 1.29 is 4.52 Å². The fourth-order valence-electron chi connectivity index (χ4n) is 2.80. The monoisotopic (exact) mass is 295 g/mol. The number of piperazine rings is 1. The van der Waals surface area contributed by atoms with Crippen molar-refractivity contribution in [2.75, 3.05) is 40.3 Å². The number of nitrogens with zero attached hydrogens (tertiary/aromatic N) is 4. The SMILES string of the molecule is CCNC(C)CCc1nc(CC2CN(C)CCN2C)no1. The van der Waals surface area contributed by atoms with Crippen LogP contribution in [-0.2, 0) is 12.8 Å². The van der Waals surface area contributed by atoms with Crippen molar-refractivity contribution in [1.29, 1.82) is 0 Å². The molecule has 0 bridgehead atoms. The molecule has 6 nitrogen and oxygen atoms in total. The van der Waals surface area contributed by atoms with Gasteiger partial charge in [0.25, 0.3) is 0 Å². The van der Waals surface area contributed by atoms with Crippen molar-refractivity contribution in [2.45, 2.75) is 45.2 Å². The van der Waals surface area contributed by atoms with Crippen molar-refractivity contribution in [2.24, 2.45) is 0 Å². The summed E-state index contributed by atoms with van der Waals surface area (Å²) in [6.45, 7) is 8.61. The normalized spacial score (nSPS) is 22.6. The van der Waals surface area contributed by atoms with Crippen LogP contribution in [0.1, 0.15) is 32.0 Å². The van der Waals surface area contributed by atoms with E-state index in [1.54, 1.807) is 0 Å². The number of aryl methyl sites for hydroxylation is 1.